The summed E-state index contributed by atoms with van der Waals surface area (Å²) in [4.78, 5) is 0. The monoisotopic (exact) mass is 241 g/mol. The van der Waals surface area contributed by atoms with E-state index in [1.54, 1.807) is 0 Å². The lowest BCUT2D eigenvalue weighted by atomic mass is 10.5. The minimum absolute atomic E-state index is 0.477. The highest BCUT2D eigenvalue weighted by Crippen LogP contribution is 2.14. The summed E-state index contributed by atoms with van der Waals surface area (Å²) < 4.78 is 35.7. The molecule has 0 bridgehead atoms. The van der Waals surface area contributed by atoms with Gasteiger partial charge in [-0.05, 0) is 13.0 Å². The maximum absolute atomic E-state index is 10.3. The van der Waals surface area contributed by atoms with Crippen LogP contribution in [0.25, 0.3) is 0 Å². The van der Waals surface area contributed by atoms with Gasteiger partial charge < -0.3 is 19.0 Å². The first-order chi connectivity index (χ1) is 6.60. The SMILES string of the molecule is CO[Si](CCCN)(OC)OC=S(=O)=O. The first-order valence-electron chi connectivity index (χ1n) is 4.00. The Kier molecular flexibility index (Phi) is 6.97. The number of rotatable bonds is 7. The topological polar surface area (TPSA) is 87.8 Å². The molecule has 0 heterocycles. The minimum Gasteiger partial charge on any atom is -0.377 e. The predicted molar refractivity (Wildman–Crippen MR) is 54.3 cm³/mol. The molecule has 0 aliphatic carbocycles. The van der Waals surface area contributed by atoms with Gasteiger partial charge in [0.25, 0.3) is 0 Å². The van der Waals surface area contributed by atoms with E-state index in [1.807, 2.05) is 0 Å². The predicted octanol–water partition coefficient (Wildman–Crippen LogP) is -0.778. The van der Waals surface area contributed by atoms with Crippen LogP contribution < -0.4 is 5.73 Å². The Morgan fingerprint density at radius 1 is 1.36 bits per heavy atom. The van der Waals surface area contributed by atoms with Crippen molar-refractivity contribution in [2.24, 2.45) is 5.73 Å². The van der Waals surface area contributed by atoms with E-state index in [9.17, 15) is 8.42 Å². The molecule has 0 unspecified atom stereocenters. The van der Waals surface area contributed by atoms with Gasteiger partial charge in [0.05, 0.1) is 0 Å². The van der Waals surface area contributed by atoms with Crippen LogP contribution in [0.2, 0.25) is 6.04 Å². The van der Waals surface area contributed by atoms with Crippen LogP contribution in [0.15, 0.2) is 0 Å². The van der Waals surface area contributed by atoms with Gasteiger partial charge in [0.15, 0.2) is 5.55 Å². The lowest BCUT2D eigenvalue weighted by Crippen LogP contribution is -2.43. The molecular formula is C6H15NO5SSi. The van der Waals surface area contributed by atoms with E-state index >= 15 is 0 Å². The second-order valence-corrected chi connectivity index (χ2v) is 6.09. The van der Waals surface area contributed by atoms with Crippen LogP contribution in [0, 0.1) is 0 Å². The molecule has 0 saturated carbocycles. The van der Waals surface area contributed by atoms with Crippen LogP contribution in [0.5, 0.6) is 0 Å². The van der Waals surface area contributed by atoms with Gasteiger partial charge in [0, 0.05) is 20.3 Å². The molecule has 0 amide bonds. The standard InChI is InChI=1S/C6H15NO5SSi/c1-10-14(11-2,5-3-4-7)12-6-13(8)9/h6H,3-5,7H2,1-2H3. The van der Waals surface area contributed by atoms with Gasteiger partial charge in [-0.15, -0.1) is 0 Å². The van der Waals surface area contributed by atoms with Crippen molar-refractivity contribution in [2.75, 3.05) is 20.8 Å². The van der Waals surface area contributed by atoms with Gasteiger partial charge >= 0.3 is 8.80 Å². The molecule has 8 heteroatoms. The van der Waals surface area contributed by atoms with E-state index in [0.29, 0.717) is 24.6 Å². The van der Waals surface area contributed by atoms with Crippen molar-refractivity contribution >= 4 is 24.7 Å². The van der Waals surface area contributed by atoms with Crippen molar-refractivity contribution in [3.05, 3.63) is 0 Å². The van der Waals surface area contributed by atoms with Crippen LogP contribution in [-0.2, 0) is 23.6 Å². The Hall–Kier alpha value is -0.253. The highest BCUT2D eigenvalue weighted by atomic mass is 32.2. The van der Waals surface area contributed by atoms with Crippen LogP contribution in [0.1, 0.15) is 6.42 Å². The van der Waals surface area contributed by atoms with E-state index in [2.05, 4.69) is 0 Å². The fraction of sp³-hybridized carbons (Fsp3) is 0.833. The maximum Gasteiger partial charge on any atom is 0.505 e. The molecule has 0 spiro atoms. The van der Waals surface area contributed by atoms with Crippen molar-refractivity contribution in [3.8, 4) is 0 Å². The Morgan fingerprint density at radius 3 is 2.29 bits per heavy atom. The van der Waals surface area contributed by atoms with Gasteiger partial charge in [-0.2, -0.15) is 8.42 Å². The Morgan fingerprint density at radius 2 is 1.93 bits per heavy atom. The lowest BCUT2D eigenvalue weighted by molar-refractivity contribution is 0.160. The number of hydrogen-bond donors (Lipinski definition) is 1. The average Bonchev–Trinajstić information content (AvgIpc) is 2.19. The van der Waals surface area contributed by atoms with Crippen molar-refractivity contribution in [2.45, 2.75) is 12.5 Å². The summed E-state index contributed by atoms with van der Waals surface area (Å²) in [6.45, 7) is 0.477. The Bertz CT molecular complexity index is 266. The van der Waals surface area contributed by atoms with E-state index in [0.717, 1.165) is 0 Å². The largest absolute Gasteiger partial charge is 0.505 e. The highest BCUT2D eigenvalue weighted by molar-refractivity contribution is 7.71. The first kappa shape index (κ1) is 13.7. The molecule has 0 saturated heterocycles. The molecule has 2 N–H and O–H groups in total. The van der Waals surface area contributed by atoms with Crippen molar-refractivity contribution in [3.63, 3.8) is 0 Å². The van der Waals surface area contributed by atoms with Crippen molar-refractivity contribution in [1.29, 1.82) is 0 Å². The maximum atomic E-state index is 10.3. The Balaban J connectivity index is 4.43. The fourth-order valence-corrected chi connectivity index (χ4v) is 3.30. The molecule has 0 rings (SSSR count). The summed E-state index contributed by atoms with van der Waals surface area (Å²) in [5.41, 5.74) is 6.01. The van der Waals surface area contributed by atoms with Crippen LogP contribution in [0.3, 0.4) is 0 Å². The molecule has 14 heavy (non-hydrogen) atoms. The molecule has 0 aromatic heterocycles. The fourth-order valence-electron chi connectivity index (χ4n) is 0.874. The van der Waals surface area contributed by atoms with Crippen LogP contribution >= 0.6 is 0 Å². The number of hydrogen-bond acceptors (Lipinski definition) is 6. The molecule has 0 aromatic carbocycles. The molecule has 0 aliphatic heterocycles. The first-order valence-corrected chi connectivity index (χ1v) is 7.07. The zero-order valence-electron chi connectivity index (χ0n) is 8.23. The van der Waals surface area contributed by atoms with Crippen molar-refractivity contribution < 1.29 is 21.7 Å². The third-order valence-corrected chi connectivity index (χ3v) is 4.73. The second-order valence-electron chi connectivity index (χ2n) is 2.46. The zero-order valence-corrected chi connectivity index (χ0v) is 10.0. The summed E-state index contributed by atoms with van der Waals surface area (Å²) >= 11 is 0. The second kappa shape index (κ2) is 7.09. The normalized spacial score (nSPS) is 11.4. The Labute approximate surface area is 85.9 Å². The van der Waals surface area contributed by atoms with Gasteiger partial charge in [-0.1, -0.05) is 0 Å². The number of nitrogens with two attached hydrogens (primary N) is 1. The van der Waals surface area contributed by atoms with Crippen LogP contribution in [-0.4, -0.2) is 43.5 Å². The van der Waals surface area contributed by atoms with Crippen LogP contribution in [0.4, 0.5) is 0 Å². The van der Waals surface area contributed by atoms with E-state index in [-0.39, 0.29) is 0 Å². The molecule has 0 aromatic rings. The summed E-state index contributed by atoms with van der Waals surface area (Å²) in [5.74, 6) is 0. The molecular weight excluding hydrogens is 226 g/mol. The quantitative estimate of drug-likeness (QED) is 0.465. The van der Waals surface area contributed by atoms with E-state index in [1.165, 1.54) is 14.2 Å². The average molecular weight is 241 g/mol. The summed E-state index contributed by atoms with van der Waals surface area (Å²) in [5, 5.41) is 0. The summed E-state index contributed by atoms with van der Waals surface area (Å²) in [6.07, 6.45) is 0.660. The van der Waals surface area contributed by atoms with Gasteiger partial charge in [0.2, 0.25) is 10.3 Å². The lowest BCUT2D eigenvalue weighted by Gasteiger charge is -2.23. The molecule has 0 atom stereocenters. The highest BCUT2D eigenvalue weighted by Gasteiger charge is 2.38. The van der Waals surface area contributed by atoms with E-state index in [4.69, 9.17) is 19.0 Å². The molecule has 0 radical (unpaired) electrons. The van der Waals surface area contributed by atoms with Gasteiger partial charge in [0.1, 0.15) is 0 Å². The minimum atomic E-state index is -2.86. The smallest absolute Gasteiger partial charge is 0.377 e. The third-order valence-electron chi connectivity index (χ3n) is 1.62. The molecule has 0 aliphatic rings. The van der Waals surface area contributed by atoms with E-state index < -0.39 is 19.1 Å². The van der Waals surface area contributed by atoms with Gasteiger partial charge in [-0.25, -0.2) is 0 Å². The summed E-state index contributed by atoms with van der Waals surface area (Å²) in [6, 6.07) is 0.490. The van der Waals surface area contributed by atoms with Crippen molar-refractivity contribution in [1.82, 2.24) is 0 Å². The molecule has 0 fully saturated rings. The zero-order chi connectivity index (χ0) is 11.0. The molecule has 6 nitrogen and oxygen atoms in total. The molecule has 84 valence electrons. The van der Waals surface area contributed by atoms with Gasteiger partial charge in [-0.3, -0.25) is 0 Å². The third kappa shape index (κ3) is 4.84. The summed E-state index contributed by atoms with van der Waals surface area (Å²) in [7, 11) is -2.38.